The number of hydrogen-bond donors (Lipinski definition) is 1. The third-order valence-electron chi connectivity index (χ3n) is 2.81. The summed E-state index contributed by atoms with van der Waals surface area (Å²) in [5, 5.41) is 0. The smallest absolute Gasteiger partial charge is 0.133 e. The second-order valence-electron chi connectivity index (χ2n) is 4.20. The van der Waals surface area contributed by atoms with E-state index in [1.807, 2.05) is 54.8 Å². The molecule has 0 aliphatic carbocycles. The Bertz CT molecular complexity index is 546. The van der Waals surface area contributed by atoms with Crippen LogP contribution >= 0.6 is 11.8 Å². The van der Waals surface area contributed by atoms with Crippen molar-refractivity contribution in [2.24, 2.45) is 5.73 Å². The molecule has 0 saturated carbocycles. The van der Waals surface area contributed by atoms with Crippen LogP contribution in [0.4, 0.5) is 0 Å². The van der Waals surface area contributed by atoms with Gasteiger partial charge in [-0.05, 0) is 36.1 Å². The average molecular weight is 289 g/mol. The van der Waals surface area contributed by atoms with Crippen molar-refractivity contribution in [1.82, 2.24) is 0 Å². The molecule has 0 aliphatic heterocycles. The van der Waals surface area contributed by atoms with Gasteiger partial charge in [0.25, 0.3) is 0 Å². The van der Waals surface area contributed by atoms with Gasteiger partial charge in [-0.1, -0.05) is 24.3 Å². The minimum Gasteiger partial charge on any atom is -0.490 e. The molecule has 0 bridgehead atoms. The highest BCUT2D eigenvalue weighted by molar-refractivity contribution is 7.98. The lowest BCUT2D eigenvalue weighted by molar-refractivity contribution is 0.214. The third kappa shape index (κ3) is 4.18. The summed E-state index contributed by atoms with van der Waals surface area (Å²) in [6.07, 6.45) is 2.04. The molecule has 3 nitrogen and oxygen atoms in total. The summed E-state index contributed by atoms with van der Waals surface area (Å²) in [5.41, 5.74) is 6.66. The van der Waals surface area contributed by atoms with Gasteiger partial charge in [0, 0.05) is 11.4 Å². The molecule has 0 amide bonds. The first-order valence-corrected chi connectivity index (χ1v) is 7.73. The molecule has 2 aromatic rings. The minimum atomic E-state index is 0.511. The number of thioether (sulfide) groups is 1. The highest BCUT2D eigenvalue weighted by Gasteiger charge is 2.01. The number of rotatable bonds is 7. The predicted octanol–water partition coefficient (Wildman–Crippen LogP) is 3.33. The quantitative estimate of drug-likeness (QED) is 0.627. The Labute approximate surface area is 124 Å². The van der Waals surface area contributed by atoms with Crippen LogP contribution in [0.15, 0.2) is 53.4 Å². The van der Waals surface area contributed by atoms with Crippen LogP contribution in [0.3, 0.4) is 0 Å². The van der Waals surface area contributed by atoms with Crippen LogP contribution < -0.4 is 15.2 Å². The van der Waals surface area contributed by atoms with Crippen molar-refractivity contribution in [3.05, 3.63) is 54.1 Å². The predicted molar refractivity (Wildman–Crippen MR) is 83.5 cm³/mol. The molecule has 4 heteroatoms. The first-order valence-electron chi connectivity index (χ1n) is 6.51. The maximum atomic E-state index is 5.74. The van der Waals surface area contributed by atoms with Crippen LogP contribution in [-0.2, 0) is 6.54 Å². The van der Waals surface area contributed by atoms with Gasteiger partial charge in [0.05, 0.1) is 0 Å². The first kappa shape index (κ1) is 14.8. The fourth-order valence-corrected chi connectivity index (χ4v) is 2.35. The summed E-state index contributed by atoms with van der Waals surface area (Å²) in [6.45, 7) is 1.55. The van der Waals surface area contributed by atoms with Crippen LogP contribution in [0, 0.1) is 0 Å². The van der Waals surface area contributed by atoms with Gasteiger partial charge in [-0.15, -0.1) is 11.8 Å². The largest absolute Gasteiger partial charge is 0.490 e. The van der Waals surface area contributed by atoms with Crippen LogP contribution in [-0.4, -0.2) is 19.5 Å². The lowest BCUT2D eigenvalue weighted by Crippen LogP contribution is -2.09. The van der Waals surface area contributed by atoms with Gasteiger partial charge in [0.1, 0.15) is 24.7 Å². The summed E-state index contributed by atoms with van der Waals surface area (Å²) >= 11 is 1.68. The van der Waals surface area contributed by atoms with Crippen LogP contribution in [0.5, 0.6) is 11.5 Å². The maximum Gasteiger partial charge on any atom is 0.133 e. The second kappa shape index (κ2) is 7.82. The van der Waals surface area contributed by atoms with E-state index in [0.717, 1.165) is 22.0 Å². The second-order valence-corrected chi connectivity index (χ2v) is 5.05. The number of ether oxygens (including phenoxy) is 2. The van der Waals surface area contributed by atoms with E-state index in [4.69, 9.17) is 15.2 Å². The third-order valence-corrected chi connectivity index (χ3v) is 3.59. The van der Waals surface area contributed by atoms with Gasteiger partial charge in [-0.3, -0.25) is 0 Å². The summed E-state index contributed by atoms with van der Waals surface area (Å²) in [4.78, 5) is 1.14. The SMILES string of the molecule is CSc1ccccc1OCCOc1cccc(CN)c1. The molecule has 0 heterocycles. The van der Waals surface area contributed by atoms with E-state index < -0.39 is 0 Å². The van der Waals surface area contributed by atoms with Gasteiger partial charge in [0.15, 0.2) is 0 Å². The van der Waals surface area contributed by atoms with Crippen molar-refractivity contribution in [3.63, 3.8) is 0 Å². The molecular weight excluding hydrogens is 270 g/mol. The van der Waals surface area contributed by atoms with E-state index >= 15 is 0 Å². The topological polar surface area (TPSA) is 44.5 Å². The number of benzene rings is 2. The highest BCUT2D eigenvalue weighted by atomic mass is 32.2. The molecule has 2 aromatic carbocycles. The molecule has 106 valence electrons. The Morgan fingerprint density at radius 3 is 2.60 bits per heavy atom. The van der Waals surface area contributed by atoms with E-state index in [0.29, 0.717) is 19.8 Å². The lowest BCUT2D eigenvalue weighted by Gasteiger charge is -2.11. The Morgan fingerprint density at radius 2 is 1.80 bits per heavy atom. The van der Waals surface area contributed by atoms with Crippen LogP contribution in [0.25, 0.3) is 0 Å². The van der Waals surface area contributed by atoms with Crippen molar-refractivity contribution in [2.75, 3.05) is 19.5 Å². The molecular formula is C16H19NO2S. The Morgan fingerprint density at radius 1 is 1.00 bits per heavy atom. The minimum absolute atomic E-state index is 0.511. The van der Waals surface area contributed by atoms with E-state index in [-0.39, 0.29) is 0 Å². The van der Waals surface area contributed by atoms with E-state index in [1.165, 1.54) is 0 Å². The zero-order chi connectivity index (χ0) is 14.2. The Balaban J connectivity index is 1.81. The Kier molecular flexibility index (Phi) is 5.77. The lowest BCUT2D eigenvalue weighted by atomic mass is 10.2. The van der Waals surface area contributed by atoms with Gasteiger partial charge in [0.2, 0.25) is 0 Å². The fraction of sp³-hybridized carbons (Fsp3) is 0.250. The first-order chi connectivity index (χ1) is 9.83. The van der Waals surface area contributed by atoms with Crippen molar-refractivity contribution in [1.29, 1.82) is 0 Å². The van der Waals surface area contributed by atoms with Crippen molar-refractivity contribution >= 4 is 11.8 Å². The number of nitrogens with two attached hydrogens (primary N) is 1. The van der Waals surface area contributed by atoms with Gasteiger partial charge in [-0.25, -0.2) is 0 Å². The van der Waals surface area contributed by atoms with Crippen molar-refractivity contribution in [3.8, 4) is 11.5 Å². The standard InChI is InChI=1S/C16H19NO2S/c1-20-16-8-3-2-7-15(16)19-10-9-18-14-6-4-5-13(11-14)12-17/h2-8,11H,9-10,12,17H2,1H3. The molecule has 0 fully saturated rings. The summed E-state index contributed by atoms with van der Waals surface area (Å²) < 4.78 is 11.4. The van der Waals surface area contributed by atoms with Crippen LogP contribution in [0.1, 0.15) is 5.56 Å². The molecule has 0 spiro atoms. The zero-order valence-corrected chi connectivity index (χ0v) is 12.4. The van der Waals surface area contributed by atoms with E-state index in [9.17, 15) is 0 Å². The molecule has 20 heavy (non-hydrogen) atoms. The molecule has 0 unspecified atom stereocenters. The van der Waals surface area contributed by atoms with Crippen molar-refractivity contribution in [2.45, 2.75) is 11.4 Å². The molecule has 2 N–H and O–H groups in total. The molecule has 0 radical (unpaired) electrons. The number of hydrogen-bond acceptors (Lipinski definition) is 4. The summed E-state index contributed by atoms with van der Waals surface area (Å²) in [6, 6.07) is 15.8. The summed E-state index contributed by atoms with van der Waals surface area (Å²) in [5.74, 6) is 1.73. The van der Waals surface area contributed by atoms with Crippen LogP contribution in [0.2, 0.25) is 0 Å². The molecule has 0 atom stereocenters. The Hall–Kier alpha value is -1.65. The zero-order valence-electron chi connectivity index (χ0n) is 11.5. The highest BCUT2D eigenvalue weighted by Crippen LogP contribution is 2.26. The monoisotopic (exact) mass is 289 g/mol. The van der Waals surface area contributed by atoms with Gasteiger partial charge in [-0.2, -0.15) is 0 Å². The fourth-order valence-electron chi connectivity index (χ4n) is 1.81. The molecule has 0 aromatic heterocycles. The van der Waals surface area contributed by atoms with Gasteiger partial charge >= 0.3 is 0 Å². The molecule has 0 aliphatic rings. The maximum absolute atomic E-state index is 5.74. The van der Waals surface area contributed by atoms with E-state index in [2.05, 4.69) is 0 Å². The van der Waals surface area contributed by atoms with Gasteiger partial charge < -0.3 is 15.2 Å². The molecule has 2 rings (SSSR count). The average Bonchev–Trinajstić information content (AvgIpc) is 2.52. The number of para-hydroxylation sites is 1. The van der Waals surface area contributed by atoms with Crippen molar-refractivity contribution < 1.29 is 9.47 Å². The molecule has 0 saturated heterocycles. The summed E-state index contributed by atoms with van der Waals surface area (Å²) in [7, 11) is 0. The van der Waals surface area contributed by atoms with E-state index in [1.54, 1.807) is 11.8 Å². The normalized spacial score (nSPS) is 10.3.